The Bertz CT molecular complexity index is 377. The van der Waals surface area contributed by atoms with Crippen LogP contribution in [-0.4, -0.2) is 7.11 Å². The average molecular weight is 338 g/mol. The molecule has 0 amide bonds. The first-order chi connectivity index (χ1) is 7.13. The number of ether oxygens (including phenoxy) is 1. The molecule has 1 aromatic carbocycles. The lowest BCUT2D eigenvalue weighted by Crippen LogP contribution is -1.98. The zero-order valence-corrected chi connectivity index (χ0v) is 11.4. The Balaban J connectivity index is 2.39. The van der Waals surface area contributed by atoms with Crippen molar-refractivity contribution in [1.29, 1.82) is 0 Å². The second kappa shape index (κ2) is 4.42. The van der Waals surface area contributed by atoms with E-state index in [2.05, 4.69) is 31.9 Å². The molecule has 4 heteroatoms. The fourth-order valence-electron chi connectivity index (χ4n) is 1.58. The minimum absolute atomic E-state index is 0.268. The van der Waals surface area contributed by atoms with Gasteiger partial charge >= 0.3 is 0 Å². The molecule has 0 spiro atoms. The van der Waals surface area contributed by atoms with E-state index in [1.807, 2.05) is 0 Å². The topological polar surface area (TPSA) is 9.23 Å². The van der Waals surface area contributed by atoms with Crippen LogP contribution in [0.3, 0.4) is 0 Å². The predicted octanol–water partition coefficient (Wildman–Crippen LogP) is 4.44. The molecule has 0 aromatic heterocycles. The molecule has 1 nitrogen and oxygen atoms in total. The maximum atomic E-state index is 13.3. The van der Waals surface area contributed by atoms with E-state index in [0.717, 1.165) is 5.56 Å². The van der Waals surface area contributed by atoms with Gasteiger partial charge in [-0.3, -0.25) is 0 Å². The van der Waals surface area contributed by atoms with Gasteiger partial charge in [-0.2, -0.15) is 0 Å². The Kier molecular flexibility index (Phi) is 3.36. The van der Waals surface area contributed by atoms with E-state index in [1.165, 1.54) is 18.9 Å². The van der Waals surface area contributed by atoms with Crippen LogP contribution in [0.4, 0.5) is 4.39 Å². The zero-order chi connectivity index (χ0) is 11.0. The monoisotopic (exact) mass is 336 g/mol. The van der Waals surface area contributed by atoms with Crippen molar-refractivity contribution in [2.75, 3.05) is 7.11 Å². The van der Waals surface area contributed by atoms with Crippen molar-refractivity contribution in [3.05, 3.63) is 28.0 Å². The highest BCUT2D eigenvalue weighted by atomic mass is 79.9. The summed E-state index contributed by atoms with van der Waals surface area (Å²) in [6, 6.07) is 3.22. The lowest BCUT2D eigenvalue weighted by molar-refractivity contribution is 0.404. The van der Waals surface area contributed by atoms with E-state index in [-0.39, 0.29) is 10.6 Å². The summed E-state index contributed by atoms with van der Waals surface area (Å²) in [6.45, 7) is 0. The van der Waals surface area contributed by atoms with Crippen molar-refractivity contribution < 1.29 is 9.13 Å². The fraction of sp³-hybridized carbons (Fsp3) is 0.455. The molecular formula is C11H11Br2FO. The van der Waals surface area contributed by atoms with Gasteiger partial charge in [0.25, 0.3) is 0 Å². The van der Waals surface area contributed by atoms with Crippen molar-refractivity contribution >= 4 is 31.9 Å². The van der Waals surface area contributed by atoms with E-state index < -0.39 is 0 Å². The molecule has 1 aliphatic rings. The summed E-state index contributed by atoms with van der Waals surface area (Å²) in [6.07, 6.45) is 2.46. The number of halogens is 3. The van der Waals surface area contributed by atoms with Crippen LogP contribution in [-0.2, 0) is 0 Å². The standard InChI is InChI=1S/C11H11Br2FO/c1-15-10-5-9(14)8(12)4-7(10)11(13)6-2-3-6/h4-6,11H,2-3H2,1H3. The molecule has 1 unspecified atom stereocenters. The van der Waals surface area contributed by atoms with Gasteiger partial charge in [0.05, 0.1) is 11.6 Å². The molecule has 0 heterocycles. The first-order valence-corrected chi connectivity index (χ1v) is 6.51. The van der Waals surface area contributed by atoms with Crippen LogP contribution in [0.25, 0.3) is 0 Å². The van der Waals surface area contributed by atoms with Gasteiger partial charge in [-0.25, -0.2) is 4.39 Å². The molecule has 82 valence electrons. The van der Waals surface area contributed by atoms with Gasteiger partial charge in [-0.15, -0.1) is 0 Å². The van der Waals surface area contributed by atoms with Crippen molar-refractivity contribution in [3.63, 3.8) is 0 Å². The Morgan fingerprint density at radius 2 is 2.13 bits per heavy atom. The molecule has 1 aliphatic carbocycles. The summed E-state index contributed by atoms with van der Waals surface area (Å²) in [4.78, 5) is 0.268. The third-order valence-electron chi connectivity index (χ3n) is 2.61. The van der Waals surface area contributed by atoms with E-state index in [0.29, 0.717) is 16.1 Å². The van der Waals surface area contributed by atoms with Gasteiger partial charge in [-0.1, -0.05) is 15.9 Å². The lowest BCUT2D eigenvalue weighted by Gasteiger charge is -2.14. The van der Waals surface area contributed by atoms with Crippen LogP contribution in [0.1, 0.15) is 23.2 Å². The van der Waals surface area contributed by atoms with E-state index >= 15 is 0 Å². The molecule has 0 saturated heterocycles. The van der Waals surface area contributed by atoms with Gasteiger partial charge in [0.1, 0.15) is 11.6 Å². The van der Waals surface area contributed by atoms with Gasteiger partial charge in [0, 0.05) is 16.5 Å². The highest BCUT2D eigenvalue weighted by Crippen LogP contribution is 2.49. The van der Waals surface area contributed by atoms with Crippen molar-refractivity contribution in [1.82, 2.24) is 0 Å². The minimum Gasteiger partial charge on any atom is -0.496 e. The number of benzene rings is 1. The Morgan fingerprint density at radius 1 is 1.47 bits per heavy atom. The molecule has 2 rings (SSSR count). The predicted molar refractivity (Wildman–Crippen MR) is 65.0 cm³/mol. The van der Waals surface area contributed by atoms with Crippen LogP contribution >= 0.6 is 31.9 Å². The molecule has 1 saturated carbocycles. The van der Waals surface area contributed by atoms with E-state index in [4.69, 9.17) is 4.74 Å². The average Bonchev–Trinajstić information content (AvgIpc) is 3.04. The molecule has 0 N–H and O–H groups in total. The maximum absolute atomic E-state index is 13.3. The summed E-state index contributed by atoms with van der Waals surface area (Å²) in [5.41, 5.74) is 1.02. The quantitative estimate of drug-likeness (QED) is 0.741. The zero-order valence-electron chi connectivity index (χ0n) is 8.27. The summed E-state index contributed by atoms with van der Waals surface area (Å²) < 4.78 is 19.0. The highest BCUT2D eigenvalue weighted by Gasteiger charge is 2.32. The first kappa shape index (κ1) is 11.4. The number of hydrogen-bond donors (Lipinski definition) is 0. The third-order valence-corrected chi connectivity index (χ3v) is 4.45. The number of alkyl halides is 1. The van der Waals surface area contributed by atoms with Crippen LogP contribution in [0.2, 0.25) is 0 Å². The van der Waals surface area contributed by atoms with Gasteiger partial charge in [0.15, 0.2) is 0 Å². The Morgan fingerprint density at radius 3 is 2.67 bits per heavy atom. The molecule has 0 radical (unpaired) electrons. The Hall–Kier alpha value is -0.0900. The summed E-state index contributed by atoms with van der Waals surface area (Å²) in [5, 5.41) is 0. The number of rotatable bonds is 3. The normalized spacial score (nSPS) is 17.6. The molecule has 15 heavy (non-hydrogen) atoms. The van der Waals surface area contributed by atoms with Crippen LogP contribution in [0.5, 0.6) is 5.75 Å². The molecule has 0 aliphatic heterocycles. The Labute approximate surface area is 105 Å². The molecular weight excluding hydrogens is 327 g/mol. The third kappa shape index (κ3) is 2.36. The largest absolute Gasteiger partial charge is 0.496 e. The molecule has 1 atom stereocenters. The minimum atomic E-state index is -0.286. The maximum Gasteiger partial charge on any atom is 0.141 e. The summed E-state index contributed by atoms with van der Waals surface area (Å²) in [5.74, 6) is 0.992. The fourth-order valence-corrected chi connectivity index (χ4v) is 2.83. The lowest BCUT2D eigenvalue weighted by atomic mass is 10.1. The smallest absolute Gasteiger partial charge is 0.141 e. The highest BCUT2D eigenvalue weighted by molar-refractivity contribution is 9.10. The summed E-state index contributed by atoms with van der Waals surface area (Å²) in [7, 11) is 1.57. The molecule has 0 bridgehead atoms. The van der Waals surface area contributed by atoms with E-state index in [9.17, 15) is 4.39 Å². The second-order valence-electron chi connectivity index (χ2n) is 3.75. The second-order valence-corrected chi connectivity index (χ2v) is 5.59. The number of methoxy groups -OCH3 is 1. The molecule has 1 aromatic rings. The van der Waals surface area contributed by atoms with Gasteiger partial charge in [-0.05, 0) is 40.8 Å². The van der Waals surface area contributed by atoms with Crippen molar-refractivity contribution in [3.8, 4) is 5.75 Å². The van der Waals surface area contributed by atoms with E-state index in [1.54, 1.807) is 13.2 Å². The van der Waals surface area contributed by atoms with Crippen LogP contribution < -0.4 is 4.74 Å². The van der Waals surface area contributed by atoms with Crippen molar-refractivity contribution in [2.45, 2.75) is 17.7 Å². The SMILES string of the molecule is COc1cc(F)c(Br)cc1C(Br)C1CC1. The van der Waals surface area contributed by atoms with Gasteiger partial charge in [0.2, 0.25) is 0 Å². The number of hydrogen-bond acceptors (Lipinski definition) is 1. The molecule has 1 fully saturated rings. The van der Waals surface area contributed by atoms with Gasteiger partial charge < -0.3 is 4.74 Å². The summed E-state index contributed by atoms with van der Waals surface area (Å²) >= 11 is 6.84. The van der Waals surface area contributed by atoms with Crippen molar-refractivity contribution in [2.24, 2.45) is 5.92 Å². The first-order valence-electron chi connectivity index (χ1n) is 4.80. The van der Waals surface area contributed by atoms with Crippen LogP contribution in [0.15, 0.2) is 16.6 Å². The van der Waals surface area contributed by atoms with Crippen LogP contribution in [0, 0.1) is 11.7 Å².